The summed E-state index contributed by atoms with van der Waals surface area (Å²) >= 11 is 0. The molecule has 0 spiro atoms. The maximum Gasteiger partial charge on any atom is 0.338 e. The lowest BCUT2D eigenvalue weighted by atomic mass is 10.1. The molecule has 2 aromatic rings. The van der Waals surface area contributed by atoms with Crippen molar-refractivity contribution in [3.63, 3.8) is 0 Å². The molecule has 0 aliphatic heterocycles. The Hall–Kier alpha value is -3.88. The van der Waals surface area contributed by atoms with Crippen molar-refractivity contribution in [2.75, 3.05) is 11.9 Å². The van der Waals surface area contributed by atoms with Crippen molar-refractivity contribution in [2.45, 2.75) is 26.4 Å². The second-order valence-electron chi connectivity index (χ2n) is 6.71. The number of esters is 1. The molecule has 0 aliphatic carbocycles. The largest absolute Gasteiger partial charge is 0.452 e. The summed E-state index contributed by atoms with van der Waals surface area (Å²) in [5, 5.41) is 7.90. The van der Waals surface area contributed by atoms with E-state index < -0.39 is 24.4 Å². The molecule has 0 radical (unpaired) electrons. The zero-order valence-electron chi connectivity index (χ0n) is 16.7. The Morgan fingerprint density at radius 1 is 1.00 bits per heavy atom. The zero-order chi connectivity index (χ0) is 22.1. The molecule has 30 heavy (non-hydrogen) atoms. The third-order valence-corrected chi connectivity index (χ3v) is 3.86. The summed E-state index contributed by atoms with van der Waals surface area (Å²) in [7, 11) is 0. The number of ether oxygens (including phenoxy) is 1. The molecule has 0 fully saturated rings. The van der Waals surface area contributed by atoms with Crippen LogP contribution in [0.5, 0.6) is 0 Å². The molecular formula is C21H24N4O5. The minimum atomic E-state index is -0.681. The first-order chi connectivity index (χ1) is 14.3. The van der Waals surface area contributed by atoms with Crippen LogP contribution in [0.15, 0.2) is 48.5 Å². The maximum absolute atomic E-state index is 12.1. The van der Waals surface area contributed by atoms with E-state index in [1.54, 1.807) is 36.4 Å². The third kappa shape index (κ3) is 6.93. The first kappa shape index (κ1) is 22.4. The molecule has 9 heteroatoms. The number of carbonyl (C=O) groups excluding carboxylic acids is 4. The van der Waals surface area contributed by atoms with Crippen LogP contribution in [-0.4, -0.2) is 36.5 Å². The fourth-order valence-electron chi connectivity index (χ4n) is 2.46. The maximum atomic E-state index is 12.1. The summed E-state index contributed by atoms with van der Waals surface area (Å²) in [5.74, 6) is -1.96. The van der Waals surface area contributed by atoms with Gasteiger partial charge in [-0.3, -0.25) is 9.59 Å². The van der Waals surface area contributed by atoms with Gasteiger partial charge in [0.25, 0.3) is 11.8 Å². The van der Waals surface area contributed by atoms with E-state index in [4.69, 9.17) is 10.5 Å². The van der Waals surface area contributed by atoms with Crippen LogP contribution in [0, 0.1) is 0 Å². The number of rotatable bonds is 8. The molecular weight excluding hydrogens is 388 g/mol. The summed E-state index contributed by atoms with van der Waals surface area (Å²) < 4.78 is 5.00. The van der Waals surface area contributed by atoms with Gasteiger partial charge in [0.1, 0.15) is 0 Å². The van der Waals surface area contributed by atoms with Crippen LogP contribution in [0.25, 0.3) is 0 Å². The molecule has 0 saturated carbocycles. The van der Waals surface area contributed by atoms with Crippen LogP contribution < -0.4 is 21.7 Å². The van der Waals surface area contributed by atoms with Crippen LogP contribution in [0.2, 0.25) is 0 Å². The lowest BCUT2D eigenvalue weighted by Crippen LogP contribution is -2.39. The van der Waals surface area contributed by atoms with E-state index >= 15 is 0 Å². The molecule has 0 heterocycles. The van der Waals surface area contributed by atoms with Gasteiger partial charge in [0.05, 0.1) is 16.8 Å². The van der Waals surface area contributed by atoms with Crippen LogP contribution >= 0.6 is 0 Å². The summed E-state index contributed by atoms with van der Waals surface area (Å²) in [6.07, 6.45) is 0. The van der Waals surface area contributed by atoms with Gasteiger partial charge in [0.2, 0.25) is 0 Å². The highest BCUT2D eigenvalue weighted by Gasteiger charge is 2.13. The van der Waals surface area contributed by atoms with Gasteiger partial charge < -0.3 is 26.4 Å². The Kier molecular flexibility index (Phi) is 7.92. The summed E-state index contributed by atoms with van der Waals surface area (Å²) in [4.78, 5) is 47.1. The molecule has 9 nitrogen and oxygen atoms in total. The first-order valence-corrected chi connectivity index (χ1v) is 9.25. The highest BCUT2D eigenvalue weighted by molar-refractivity contribution is 6.03. The van der Waals surface area contributed by atoms with Crippen LogP contribution in [0.3, 0.4) is 0 Å². The van der Waals surface area contributed by atoms with Gasteiger partial charge in [0.15, 0.2) is 6.61 Å². The quantitative estimate of drug-likeness (QED) is 0.490. The number of urea groups is 1. The van der Waals surface area contributed by atoms with E-state index in [-0.39, 0.29) is 28.9 Å². The van der Waals surface area contributed by atoms with Crippen molar-refractivity contribution >= 4 is 29.5 Å². The van der Waals surface area contributed by atoms with Crippen molar-refractivity contribution in [1.82, 2.24) is 10.6 Å². The number of primary amides is 1. The highest BCUT2D eigenvalue weighted by Crippen LogP contribution is 2.14. The predicted molar refractivity (Wildman–Crippen MR) is 111 cm³/mol. The molecule has 2 rings (SSSR count). The fourth-order valence-corrected chi connectivity index (χ4v) is 2.46. The van der Waals surface area contributed by atoms with Crippen LogP contribution in [0.1, 0.15) is 40.1 Å². The molecule has 0 saturated heterocycles. The monoisotopic (exact) mass is 412 g/mol. The number of amides is 4. The van der Waals surface area contributed by atoms with Gasteiger partial charge in [-0.25, -0.2) is 9.59 Å². The van der Waals surface area contributed by atoms with Gasteiger partial charge in [-0.05, 0) is 43.7 Å². The van der Waals surface area contributed by atoms with Crippen molar-refractivity contribution in [3.05, 3.63) is 65.2 Å². The number of carbonyl (C=O) groups is 4. The lowest BCUT2D eigenvalue weighted by molar-refractivity contribution is -0.119. The average Bonchev–Trinajstić information content (AvgIpc) is 2.70. The van der Waals surface area contributed by atoms with Crippen LogP contribution in [-0.2, 0) is 16.1 Å². The summed E-state index contributed by atoms with van der Waals surface area (Å²) in [6, 6.07) is 12.4. The topological polar surface area (TPSA) is 140 Å². The number of para-hydroxylation sites is 1. The van der Waals surface area contributed by atoms with Gasteiger partial charge in [-0.1, -0.05) is 24.3 Å². The Balaban J connectivity index is 1.84. The predicted octanol–water partition coefficient (Wildman–Crippen LogP) is 1.79. The van der Waals surface area contributed by atoms with Crippen molar-refractivity contribution in [1.29, 1.82) is 0 Å². The summed E-state index contributed by atoms with van der Waals surface area (Å²) in [6.45, 7) is 3.49. The van der Waals surface area contributed by atoms with E-state index in [1.807, 2.05) is 13.8 Å². The molecule has 5 N–H and O–H groups in total. The molecule has 4 amide bonds. The van der Waals surface area contributed by atoms with E-state index in [0.717, 1.165) is 5.56 Å². The molecule has 0 bridgehead atoms. The Bertz CT molecular complexity index is 925. The number of hydrogen-bond acceptors (Lipinski definition) is 5. The zero-order valence-corrected chi connectivity index (χ0v) is 16.7. The second kappa shape index (κ2) is 10.6. The van der Waals surface area contributed by atoms with Crippen LogP contribution in [0.4, 0.5) is 10.5 Å². The Labute approximate surface area is 174 Å². The Morgan fingerprint density at radius 3 is 2.30 bits per heavy atom. The number of benzene rings is 2. The first-order valence-electron chi connectivity index (χ1n) is 9.25. The third-order valence-electron chi connectivity index (χ3n) is 3.86. The normalized spacial score (nSPS) is 10.2. The van der Waals surface area contributed by atoms with E-state index in [0.29, 0.717) is 6.54 Å². The van der Waals surface area contributed by atoms with Crippen molar-refractivity contribution < 1.29 is 23.9 Å². The molecule has 0 atom stereocenters. The molecule has 0 aliphatic rings. The minimum Gasteiger partial charge on any atom is -0.452 e. The average molecular weight is 412 g/mol. The number of nitrogens with two attached hydrogens (primary N) is 1. The minimum absolute atomic E-state index is 0.0311. The van der Waals surface area contributed by atoms with Gasteiger partial charge in [-0.15, -0.1) is 0 Å². The molecule has 2 aromatic carbocycles. The number of nitrogens with one attached hydrogen (secondary N) is 3. The number of hydrogen-bond donors (Lipinski definition) is 4. The fraction of sp³-hybridized carbons (Fsp3) is 0.238. The van der Waals surface area contributed by atoms with E-state index in [2.05, 4.69) is 16.0 Å². The molecule has 0 unspecified atom stereocenters. The van der Waals surface area contributed by atoms with Gasteiger partial charge >= 0.3 is 12.0 Å². The van der Waals surface area contributed by atoms with E-state index in [9.17, 15) is 19.2 Å². The smallest absolute Gasteiger partial charge is 0.338 e. The molecule has 0 aromatic heterocycles. The standard InChI is InChI=1S/C21H24N4O5/c1-13(2)24-21(29)23-11-14-7-9-15(10-8-14)20(28)30-12-18(26)25-17-6-4-3-5-16(17)19(22)27/h3-10,13H,11-12H2,1-2H3,(H2,22,27)(H,25,26)(H2,23,24,29). The molecule has 158 valence electrons. The second-order valence-corrected chi connectivity index (χ2v) is 6.71. The summed E-state index contributed by atoms with van der Waals surface area (Å²) in [5.41, 5.74) is 6.71. The number of anilines is 1. The lowest BCUT2D eigenvalue weighted by Gasteiger charge is -2.11. The SMILES string of the molecule is CC(C)NC(=O)NCc1ccc(C(=O)OCC(=O)Nc2ccccc2C(N)=O)cc1. The van der Waals surface area contributed by atoms with Crippen molar-refractivity contribution in [2.24, 2.45) is 5.73 Å². The van der Waals surface area contributed by atoms with Crippen molar-refractivity contribution in [3.8, 4) is 0 Å². The van der Waals surface area contributed by atoms with E-state index in [1.165, 1.54) is 12.1 Å². The van der Waals surface area contributed by atoms with Gasteiger partial charge in [0, 0.05) is 12.6 Å². The Morgan fingerprint density at radius 2 is 1.67 bits per heavy atom. The highest BCUT2D eigenvalue weighted by atomic mass is 16.5. The van der Waals surface area contributed by atoms with Gasteiger partial charge in [-0.2, -0.15) is 0 Å².